The Bertz CT molecular complexity index is 3480. The lowest BCUT2D eigenvalue weighted by atomic mass is 10.00. The van der Waals surface area contributed by atoms with Crippen molar-refractivity contribution in [2.75, 3.05) is 46.4 Å². The quantitative estimate of drug-likeness (QED) is 0.0545. The molecule has 3 saturated heterocycles. The van der Waals surface area contributed by atoms with E-state index in [1.165, 1.54) is 31.3 Å². The number of H-pyrrole nitrogens is 1. The largest absolute Gasteiger partial charge is 0.508 e. The summed E-state index contributed by atoms with van der Waals surface area (Å²) in [5.74, 6) is -9.74. The summed E-state index contributed by atoms with van der Waals surface area (Å²) in [6.45, 7) is 0.495. The topological polar surface area (TPSA) is 393 Å². The summed E-state index contributed by atoms with van der Waals surface area (Å²) in [6.07, 6.45) is 0.673. The maximum absolute atomic E-state index is 15.1. The van der Waals surface area contributed by atoms with Gasteiger partial charge in [-0.1, -0.05) is 99.0 Å². The van der Waals surface area contributed by atoms with Gasteiger partial charge >= 0.3 is 5.97 Å². The number of benzene rings is 4. The van der Waals surface area contributed by atoms with Crippen molar-refractivity contribution >= 4 is 75.9 Å². The number of fused-ring (bicyclic) bond motifs is 3. The van der Waals surface area contributed by atoms with Gasteiger partial charge in [0, 0.05) is 75.9 Å². The number of hydrogen-bond acceptors (Lipinski definition) is 15. The zero-order valence-corrected chi connectivity index (χ0v) is 52.0. The molecule has 0 radical (unpaired) electrons. The van der Waals surface area contributed by atoms with Crippen LogP contribution in [0, 0.1) is 0 Å². The maximum atomic E-state index is 15.1. The molecular formula is C66H82N12O15. The number of aromatic amines is 1. The number of aromatic hydroxyl groups is 1. The maximum Gasteiger partial charge on any atom is 0.305 e. The number of ether oxygens (including phenoxy) is 1. The number of phenolic OH excluding ortho intramolecular Hbond substituents is 1. The molecule has 496 valence electrons. The molecule has 3 fully saturated rings. The molecule has 3 aliphatic rings. The Hall–Kier alpha value is -9.89. The second kappa shape index (κ2) is 32.9. The highest BCUT2D eigenvalue weighted by Gasteiger charge is 2.46. The minimum atomic E-state index is -1.82. The van der Waals surface area contributed by atoms with E-state index in [1.807, 2.05) is 25.1 Å². The lowest BCUT2D eigenvalue weighted by Gasteiger charge is -2.33. The normalized spacial score (nSPS) is 23.8. The van der Waals surface area contributed by atoms with Gasteiger partial charge < -0.3 is 82.7 Å². The molecule has 8 rings (SSSR count). The number of amides is 10. The molecule has 0 bridgehead atoms. The van der Waals surface area contributed by atoms with Crippen LogP contribution in [0.2, 0.25) is 0 Å². The Morgan fingerprint density at radius 2 is 1.23 bits per heavy atom. The molecular weight excluding hydrogens is 1200 g/mol. The Morgan fingerprint density at radius 1 is 0.624 bits per heavy atom. The lowest BCUT2D eigenvalue weighted by molar-refractivity contribution is -0.149. The van der Waals surface area contributed by atoms with Crippen LogP contribution in [0.3, 0.4) is 0 Å². The van der Waals surface area contributed by atoms with E-state index in [0.29, 0.717) is 46.2 Å². The van der Waals surface area contributed by atoms with Gasteiger partial charge in [-0.2, -0.15) is 0 Å². The van der Waals surface area contributed by atoms with Gasteiger partial charge in [0.1, 0.15) is 66.4 Å². The van der Waals surface area contributed by atoms with Gasteiger partial charge in [0.2, 0.25) is 59.1 Å². The third kappa shape index (κ3) is 18.9. The fourth-order valence-corrected chi connectivity index (χ4v) is 11.8. The van der Waals surface area contributed by atoms with Crippen LogP contribution in [0.25, 0.3) is 10.9 Å². The van der Waals surface area contributed by atoms with Crippen molar-refractivity contribution in [2.24, 2.45) is 5.73 Å². The number of para-hydroxylation sites is 1. The number of aliphatic hydroxyl groups is 1. The SMILES string of the molecule is CCCCC[C@@H]1NC(=O)[C@H](Cc2ccc(OCCN)cc2)NC(=O)[C@H](Cc2ccccc2)N(C)C(=O)CNC(=O)[C@@H]2C[C@@H](O)CN2C(=O)[C@H]2CCCN2C(=O)[C@H](CC(=O)O)NC(=O)[C@H](Cc2ccc(O)cc2)NC(=O)CNC(=O)[C@H](Cc2c[nH]c3ccccc23)NC1=O. The van der Waals surface area contributed by atoms with Crippen LogP contribution >= 0.6 is 0 Å². The summed E-state index contributed by atoms with van der Waals surface area (Å²) in [6, 6.07) is 16.7. The van der Waals surface area contributed by atoms with E-state index in [0.717, 1.165) is 26.6 Å². The second-order valence-electron chi connectivity index (χ2n) is 23.6. The third-order valence-electron chi connectivity index (χ3n) is 16.8. The number of hydrogen-bond donors (Lipinski definition) is 12. The minimum Gasteiger partial charge on any atom is -0.508 e. The lowest BCUT2D eigenvalue weighted by Crippen LogP contribution is -2.60. The number of likely N-dealkylation sites (N-methyl/N-ethyl adjacent to an activating group) is 1. The molecule has 4 aromatic carbocycles. The van der Waals surface area contributed by atoms with E-state index in [2.05, 4.69) is 42.2 Å². The number of carbonyl (C=O) groups excluding carboxylic acids is 10. The van der Waals surface area contributed by atoms with Crippen LogP contribution in [0.4, 0.5) is 0 Å². The van der Waals surface area contributed by atoms with Gasteiger partial charge in [0.15, 0.2) is 0 Å². The summed E-state index contributed by atoms with van der Waals surface area (Å²) in [7, 11) is 1.35. The van der Waals surface area contributed by atoms with Gasteiger partial charge in [0.25, 0.3) is 0 Å². The van der Waals surface area contributed by atoms with Gasteiger partial charge in [0.05, 0.1) is 25.6 Å². The van der Waals surface area contributed by atoms with Crippen LogP contribution < -0.4 is 47.7 Å². The Morgan fingerprint density at radius 3 is 1.91 bits per heavy atom. The third-order valence-corrected chi connectivity index (χ3v) is 16.8. The number of carboxylic acids is 1. The highest BCUT2D eigenvalue weighted by atomic mass is 16.5. The standard InChI is InChI=1S/C66H82N12O15/c1-3-4-6-16-48-60(86)73-51(32-42-35-68-47-15-10-9-14-46(42)47)59(85)69-36-56(81)71-49(29-40-18-22-43(79)23-19-40)61(87)75-52(34-58(83)84)65(91)77-27-11-17-53(77)66(92)78-38-44(80)33-55(78)63(89)70-37-57(82)76(2)54(31-39-12-7-5-8-13-39)64(90)74-50(62(88)72-48)30-41-20-24-45(25-21-41)93-28-26-67/h5,7-10,12-15,18-25,35,44,48-55,68,79-80H,3-4,6,11,16-17,26-34,36-38,67H2,1-2H3,(H,69,85)(H,70,89)(H,71,81)(H,72,88)(H,73,86)(H,74,90)(H,75,87)(H,83,84)/t44-,48+,49+,50+,51+,52+,53-,54+,55+/m1/s1. The highest BCUT2D eigenvalue weighted by Crippen LogP contribution is 2.27. The van der Waals surface area contributed by atoms with E-state index in [4.69, 9.17) is 10.5 Å². The molecule has 0 spiro atoms. The Kier molecular flexibility index (Phi) is 24.4. The number of carboxylic acid groups (broad SMARTS) is 1. The van der Waals surface area contributed by atoms with Crippen LogP contribution in [0.15, 0.2) is 109 Å². The number of nitrogens with one attached hydrogen (secondary N) is 8. The van der Waals surface area contributed by atoms with Crippen LogP contribution in [0.5, 0.6) is 11.5 Å². The van der Waals surface area contributed by atoms with Crippen molar-refractivity contribution < 1.29 is 72.8 Å². The molecule has 13 N–H and O–H groups in total. The van der Waals surface area contributed by atoms with E-state index in [9.17, 15) is 58.5 Å². The van der Waals surface area contributed by atoms with Crippen molar-refractivity contribution in [3.05, 3.63) is 132 Å². The Labute approximate surface area is 537 Å². The minimum absolute atomic E-state index is 0.0451. The number of phenols is 1. The Balaban J connectivity index is 1.17. The molecule has 0 saturated carbocycles. The number of nitrogens with two attached hydrogens (primary N) is 1. The summed E-state index contributed by atoms with van der Waals surface area (Å²) < 4.78 is 5.69. The summed E-state index contributed by atoms with van der Waals surface area (Å²) in [5.41, 5.74) is 8.55. The second-order valence-corrected chi connectivity index (χ2v) is 23.6. The molecule has 27 heteroatoms. The van der Waals surface area contributed by atoms with Crippen LogP contribution in [-0.2, 0) is 78.4 Å². The van der Waals surface area contributed by atoms with Crippen LogP contribution in [0.1, 0.15) is 80.5 Å². The summed E-state index contributed by atoms with van der Waals surface area (Å²) in [5, 5.41) is 50.5. The van der Waals surface area contributed by atoms with Gasteiger partial charge in [-0.05, 0) is 71.8 Å². The zero-order valence-electron chi connectivity index (χ0n) is 52.0. The fourth-order valence-electron chi connectivity index (χ4n) is 11.8. The van der Waals surface area contributed by atoms with E-state index >= 15 is 9.59 Å². The first-order chi connectivity index (χ1) is 44.7. The predicted molar refractivity (Wildman–Crippen MR) is 338 cm³/mol. The van der Waals surface area contributed by atoms with Crippen molar-refractivity contribution in [3.63, 3.8) is 0 Å². The molecule has 1 aromatic heterocycles. The molecule has 0 aliphatic carbocycles. The molecule has 93 heavy (non-hydrogen) atoms. The average Bonchev–Trinajstić information content (AvgIpc) is 1.73. The van der Waals surface area contributed by atoms with Crippen molar-refractivity contribution in [3.8, 4) is 11.5 Å². The monoisotopic (exact) mass is 1280 g/mol. The molecule has 3 aliphatic heterocycles. The van der Waals surface area contributed by atoms with Gasteiger partial charge in [-0.15, -0.1) is 0 Å². The number of nitrogens with zero attached hydrogens (tertiary/aromatic N) is 3. The number of unbranched alkanes of at least 4 members (excludes halogenated alkanes) is 2. The van der Waals surface area contributed by atoms with Gasteiger partial charge in [-0.3, -0.25) is 52.7 Å². The number of aromatic nitrogens is 1. The number of rotatable bonds is 17. The first kappa shape index (κ1) is 69.0. The smallest absolute Gasteiger partial charge is 0.305 e. The summed E-state index contributed by atoms with van der Waals surface area (Å²) in [4.78, 5) is 165. The first-order valence-corrected chi connectivity index (χ1v) is 31.3. The van der Waals surface area contributed by atoms with Crippen molar-refractivity contribution in [1.29, 1.82) is 0 Å². The molecule has 9 atom stereocenters. The van der Waals surface area contributed by atoms with Gasteiger partial charge in [-0.25, -0.2) is 0 Å². The molecule has 10 amide bonds. The highest BCUT2D eigenvalue weighted by molar-refractivity contribution is 6.00. The van der Waals surface area contributed by atoms with Crippen LogP contribution in [-0.4, -0.2) is 201 Å². The molecule has 5 aromatic rings. The first-order valence-electron chi connectivity index (χ1n) is 31.3. The number of carbonyl (C=O) groups is 11. The van der Waals surface area contributed by atoms with E-state index < -0.39 is 139 Å². The fraction of sp³-hybridized carbons (Fsp3) is 0.439. The van der Waals surface area contributed by atoms with E-state index in [1.54, 1.807) is 66.9 Å². The molecule has 4 heterocycles. The summed E-state index contributed by atoms with van der Waals surface area (Å²) >= 11 is 0. The average molecular weight is 1280 g/mol. The van der Waals surface area contributed by atoms with Crippen molar-refractivity contribution in [1.82, 2.24) is 56.9 Å². The zero-order chi connectivity index (χ0) is 66.7. The number of aliphatic hydroxyl groups excluding tert-OH is 1. The molecule has 0 unspecified atom stereocenters. The number of aliphatic carboxylic acids is 1. The predicted octanol–water partition coefficient (Wildman–Crippen LogP) is -0.0136. The molecule has 27 nitrogen and oxygen atoms in total. The van der Waals surface area contributed by atoms with E-state index in [-0.39, 0.29) is 83.4 Å². The van der Waals surface area contributed by atoms with Crippen molar-refractivity contribution in [2.45, 2.75) is 138 Å².